The molecular formula is C14H17N3O3. The van der Waals surface area contributed by atoms with Crippen molar-refractivity contribution in [3.8, 4) is 6.07 Å². The Morgan fingerprint density at radius 1 is 1.30 bits per heavy atom. The molecule has 0 aliphatic heterocycles. The van der Waals surface area contributed by atoms with Gasteiger partial charge in [-0.25, -0.2) is 0 Å². The van der Waals surface area contributed by atoms with E-state index >= 15 is 0 Å². The van der Waals surface area contributed by atoms with E-state index in [0.717, 1.165) is 5.56 Å². The Balaban J connectivity index is 2.61. The average Bonchev–Trinajstić information content (AvgIpc) is 2.44. The van der Waals surface area contributed by atoms with E-state index in [9.17, 15) is 9.59 Å². The summed E-state index contributed by atoms with van der Waals surface area (Å²) in [6.45, 7) is 0.619. The van der Waals surface area contributed by atoms with Gasteiger partial charge in [0.1, 0.15) is 6.42 Å². The third kappa shape index (κ3) is 5.50. The zero-order valence-electron chi connectivity index (χ0n) is 11.3. The van der Waals surface area contributed by atoms with Gasteiger partial charge in [-0.3, -0.25) is 9.59 Å². The van der Waals surface area contributed by atoms with Crippen LogP contribution in [0.1, 0.15) is 18.4 Å². The molecule has 6 heteroatoms. The number of nitriles is 1. The van der Waals surface area contributed by atoms with Crippen molar-refractivity contribution in [3.05, 3.63) is 29.8 Å². The lowest BCUT2D eigenvalue weighted by atomic mass is 10.1. The molecule has 106 valence electrons. The molecule has 2 amide bonds. The molecule has 0 aliphatic rings. The Bertz CT molecular complexity index is 509. The minimum atomic E-state index is -0.340. The summed E-state index contributed by atoms with van der Waals surface area (Å²) in [5.41, 5.74) is 1.43. The molecule has 0 atom stereocenters. The van der Waals surface area contributed by atoms with Crippen LogP contribution in [-0.2, 0) is 20.9 Å². The van der Waals surface area contributed by atoms with Crippen molar-refractivity contribution in [1.82, 2.24) is 5.32 Å². The van der Waals surface area contributed by atoms with Crippen LogP contribution >= 0.6 is 0 Å². The SMILES string of the molecule is COCCC(=O)Nc1ccccc1CNC(=O)CC#N. The van der Waals surface area contributed by atoms with E-state index in [-0.39, 0.29) is 31.2 Å². The highest BCUT2D eigenvalue weighted by molar-refractivity contribution is 5.91. The summed E-state index contributed by atoms with van der Waals surface area (Å²) in [7, 11) is 1.53. The summed E-state index contributed by atoms with van der Waals surface area (Å²) < 4.78 is 4.84. The van der Waals surface area contributed by atoms with Gasteiger partial charge in [-0.15, -0.1) is 0 Å². The number of rotatable bonds is 7. The quantitative estimate of drug-likeness (QED) is 0.782. The lowest BCUT2D eigenvalue weighted by Crippen LogP contribution is -2.23. The first kappa shape index (κ1) is 15.7. The molecular weight excluding hydrogens is 258 g/mol. The van der Waals surface area contributed by atoms with Crippen LogP contribution in [0.25, 0.3) is 0 Å². The zero-order chi connectivity index (χ0) is 14.8. The number of benzene rings is 1. The van der Waals surface area contributed by atoms with Crippen molar-refractivity contribution in [1.29, 1.82) is 5.26 Å². The minimum absolute atomic E-state index is 0.150. The van der Waals surface area contributed by atoms with Crippen LogP contribution in [0.4, 0.5) is 5.69 Å². The second-order valence-corrected chi connectivity index (χ2v) is 4.06. The summed E-state index contributed by atoms with van der Waals surface area (Å²) in [6, 6.07) is 8.96. The number of para-hydroxylation sites is 1. The highest BCUT2D eigenvalue weighted by atomic mass is 16.5. The van der Waals surface area contributed by atoms with Gasteiger partial charge in [0.2, 0.25) is 11.8 Å². The van der Waals surface area contributed by atoms with Crippen LogP contribution in [0.5, 0.6) is 0 Å². The van der Waals surface area contributed by atoms with Gasteiger partial charge in [0.05, 0.1) is 19.1 Å². The van der Waals surface area contributed by atoms with Gasteiger partial charge in [0, 0.05) is 19.3 Å². The number of hydrogen-bond donors (Lipinski definition) is 2. The average molecular weight is 275 g/mol. The second-order valence-electron chi connectivity index (χ2n) is 4.06. The summed E-state index contributed by atoms with van der Waals surface area (Å²) >= 11 is 0. The van der Waals surface area contributed by atoms with E-state index in [1.54, 1.807) is 24.3 Å². The number of carbonyl (C=O) groups is 2. The van der Waals surface area contributed by atoms with Crippen molar-refractivity contribution in [2.45, 2.75) is 19.4 Å². The van der Waals surface area contributed by atoms with Crippen LogP contribution in [0.2, 0.25) is 0 Å². The van der Waals surface area contributed by atoms with Crippen LogP contribution in [0, 0.1) is 11.3 Å². The van der Waals surface area contributed by atoms with Crippen LogP contribution < -0.4 is 10.6 Å². The van der Waals surface area contributed by atoms with E-state index in [4.69, 9.17) is 10.00 Å². The maximum absolute atomic E-state index is 11.6. The molecule has 0 heterocycles. The van der Waals surface area contributed by atoms with E-state index in [1.807, 2.05) is 6.07 Å². The predicted molar refractivity (Wildman–Crippen MR) is 73.6 cm³/mol. The predicted octanol–water partition coefficient (Wildman–Crippen LogP) is 1.19. The monoisotopic (exact) mass is 275 g/mol. The molecule has 0 aromatic heterocycles. The van der Waals surface area contributed by atoms with Gasteiger partial charge in [-0.1, -0.05) is 18.2 Å². The molecule has 0 fully saturated rings. The van der Waals surface area contributed by atoms with Gasteiger partial charge in [0.15, 0.2) is 0 Å². The Hall–Kier alpha value is -2.39. The van der Waals surface area contributed by atoms with Crippen LogP contribution in [-0.4, -0.2) is 25.5 Å². The van der Waals surface area contributed by atoms with E-state index in [2.05, 4.69) is 10.6 Å². The molecule has 0 aliphatic carbocycles. The van der Waals surface area contributed by atoms with Crippen molar-refractivity contribution in [2.24, 2.45) is 0 Å². The second kappa shape index (κ2) is 8.67. The number of hydrogen-bond acceptors (Lipinski definition) is 4. The fourth-order valence-corrected chi connectivity index (χ4v) is 1.53. The fourth-order valence-electron chi connectivity index (χ4n) is 1.53. The van der Waals surface area contributed by atoms with Crippen LogP contribution in [0.15, 0.2) is 24.3 Å². The van der Waals surface area contributed by atoms with Crippen molar-refractivity contribution >= 4 is 17.5 Å². The number of anilines is 1. The number of ether oxygens (including phenoxy) is 1. The Morgan fingerprint density at radius 3 is 2.75 bits per heavy atom. The Morgan fingerprint density at radius 2 is 2.05 bits per heavy atom. The van der Waals surface area contributed by atoms with Gasteiger partial charge in [-0.2, -0.15) is 5.26 Å². The standard InChI is InChI=1S/C14H17N3O3/c1-20-9-7-14(19)17-12-5-3-2-4-11(12)10-16-13(18)6-8-15/h2-5H,6-7,9-10H2,1H3,(H,16,18)(H,17,19). The van der Waals surface area contributed by atoms with Crippen LogP contribution in [0.3, 0.4) is 0 Å². The number of nitrogens with zero attached hydrogens (tertiary/aromatic N) is 1. The third-order valence-electron chi connectivity index (χ3n) is 2.54. The minimum Gasteiger partial charge on any atom is -0.384 e. The molecule has 0 spiro atoms. The molecule has 1 aromatic rings. The zero-order valence-corrected chi connectivity index (χ0v) is 11.3. The topological polar surface area (TPSA) is 91.2 Å². The third-order valence-corrected chi connectivity index (χ3v) is 2.54. The normalized spacial score (nSPS) is 9.60. The lowest BCUT2D eigenvalue weighted by molar-refractivity contribution is -0.120. The van der Waals surface area contributed by atoms with Gasteiger partial charge >= 0.3 is 0 Å². The number of methoxy groups -OCH3 is 1. The Kier molecular flexibility index (Phi) is 6.79. The fraction of sp³-hybridized carbons (Fsp3) is 0.357. The molecule has 0 saturated heterocycles. The first-order valence-electron chi connectivity index (χ1n) is 6.17. The summed E-state index contributed by atoms with van der Waals surface area (Å²) in [5, 5.41) is 13.8. The van der Waals surface area contributed by atoms with Gasteiger partial charge in [0.25, 0.3) is 0 Å². The van der Waals surface area contributed by atoms with E-state index in [1.165, 1.54) is 7.11 Å². The molecule has 1 rings (SSSR count). The lowest BCUT2D eigenvalue weighted by Gasteiger charge is -2.11. The highest BCUT2D eigenvalue weighted by Gasteiger charge is 2.07. The number of carbonyl (C=O) groups excluding carboxylic acids is 2. The molecule has 2 N–H and O–H groups in total. The summed E-state index contributed by atoms with van der Waals surface area (Å²) in [5.74, 6) is -0.490. The summed E-state index contributed by atoms with van der Waals surface area (Å²) in [6.07, 6.45) is 0.0913. The summed E-state index contributed by atoms with van der Waals surface area (Å²) in [4.78, 5) is 22.9. The molecule has 6 nitrogen and oxygen atoms in total. The van der Waals surface area contributed by atoms with Gasteiger partial charge in [-0.05, 0) is 11.6 Å². The molecule has 0 saturated carbocycles. The highest BCUT2D eigenvalue weighted by Crippen LogP contribution is 2.15. The van der Waals surface area contributed by atoms with Crippen molar-refractivity contribution in [2.75, 3.05) is 19.0 Å². The number of nitrogens with one attached hydrogen (secondary N) is 2. The molecule has 20 heavy (non-hydrogen) atoms. The van der Waals surface area contributed by atoms with Gasteiger partial charge < -0.3 is 15.4 Å². The Labute approximate surface area is 117 Å². The first-order chi connectivity index (χ1) is 9.67. The maximum Gasteiger partial charge on any atom is 0.234 e. The van der Waals surface area contributed by atoms with E-state index < -0.39 is 0 Å². The smallest absolute Gasteiger partial charge is 0.234 e. The van der Waals surface area contributed by atoms with E-state index in [0.29, 0.717) is 12.3 Å². The van der Waals surface area contributed by atoms with Crippen molar-refractivity contribution in [3.63, 3.8) is 0 Å². The first-order valence-corrected chi connectivity index (χ1v) is 6.17. The maximum atomic E-state index is 11.6. The van der Waals surface area contributed by atoms with Crippen molar-refractivity contribution < 1.29 is 14.3 Å². The molecule has 0 radical (unpaired) electrons. The molecule has 0 unspecified atom stereocenters. The molecule has 1 aromatic carbocycles. The largest absolute Gasteiger partial charge is 0.384 e. The molecule has 0 bridgehead atoms. The number of amides is 2.